The number of carbonyl (C=O) groups is 1. The number of pyridine rings is 1. The van der Waals surface area contributed by atoms with Crippen LogP contribution in [0.1, 0.15) is 42.5 Å². The van der Waals surface area contributed by atoms with Gasteiger partial charge in [-0.25, -0.2) is 14.4 Å². The monoisotopic (exact) mass is 528 g/mol. The molecular weight excluding hydrogens is 495 g/mol. The zero-order valence-corrected chi connectivity index (χ0v) is 21.9. The molecule has 4 fully saturated rings. The minimum Gasteiger partial charge on any atom is -0.381 e. The van der Waals surface area contributed by atoms with E-state index in [1.54, 1.807) is 6.07 Å². The van der Waals surface area contributed by atoms with Gasteiger partial charge in [-0.2, -0.15) is 0 Å². The normalized spacial score (nSPS) is 26.5. The van der Waals surface area contributed by atoms with Crippen molar-refractivity contribution in [2.45, 2.75) is 57.3 Å². The van der Waals surface area contributed by atoms with Gasteiger partial charge in [0.25, 0.3) is 5.91 Å². The van der Waals surface area contributed by atoms with Gasteiger partial charge in [0.2, 0.25) is 0 Å². The highest BCUT2D eigenvalue weighted by atomic mass is 19.1. The topological polar surface area (TPSA) is 91.2 Å². The lowest BCUT2D eigenvalue weighted by Crippen LogP contribution is -2.41. The Kier molecular flexibility index (Phi) is 5.35. The van der Waals surface area contributed by atoms with Gasteiger partial charge >= 0.3 is 0 Å². The van der Waals surface area contributed by atoms with E-state index in [2.05, 4.69) is 16.7 Å². The Morgan fingerprint density at radius 3 is 2.69 bits per heavy atom. The number of hydrogen-bond acceptors (Lipinski definition) is 5. The smallest absolute Gasteiger partial charge is 0.254 e. The molecule has 2 aliphatic heterocycles. The second-order valence-corrected chi connectivity index (χ2v) is 12.0. The van der Waals surface area contributed by atoms with Crippen molar-refractivity contribution in [2.24, 2.45) is 23.5 Å². The zero-order valence-electron chi connectivity index (χ0n) is 21.9. The molecule has 8 nitrogen and oxygen atoms in total. The van der Waals surface area contributed by atoms with E-state index >= 15 is 4.39 Å². The van der Waals surface area contributed by atoms with E-state index in [1.165, 1.54) is 18.9 Å². The van der Waals surface area contributed by atoms with E-state index in [0.29, 0.717) is 48.1 Å². The van der Waals surface area contributed by atoms with E-state index in [1.807, 2.05) is 21.7 Å². The van der Waals surface area contributed by atoms with Gasteiger partial charge in [-0.3, -0.25) is 4.79 Å². The number of fused-ring (bicyclic) bond motifs is 4. The molecule has 8 rings (SSSR count). The lowest BCUT2D eigenvalue weighted by molar-refractivity contribution is 0.0700. The summed E-state index contributed by atoms with van der Waals surface area (Å²) in [4.78, 5) is 25.1. The molecule has 39 heavy (non-hydrogen) atoms. The Morgan fingerprint density at radius 1 is 1.08 bits per heavy atom. The SMILES string of the molecule is N[C@@H]1[C@@H]2CC[C@H]1N(C(=O)c1cc(F)c3c(c1)nc(-c1cc4cccnc4n1CC1CC1)n3C[C@H]1CCOC1)C2. The highest BCUT2D eigenvalue weighted by molar-refractivity contribution is 5.98. The Labute approximate surface area is 225 Å². The van der Waals surface area contributed by atoms with Crippen LogP contribution in [0.2, 0.25) is 0 Å². The zero-order chi connectivity index (χ0) is 26.2. The van der Waals surface area contributed by atoms with Crippen LogP contribution in [0.5, 0.6) is 0 Å². The molecule has 1 aromatic carbocycles. The van der Waals surface area contributed by atoms with Crippen LogP contribution in [-0.4, -0.2) is 61.8 Å². The predicted octanol–water partition coefficient (Wildman–Crippen LogP) is 4.20. The fourth-order valence-electron chi connectivity index (χ4n) is 7.16. The summed E-state index contributed by atoms with van der Waals surface area (Å²) in [6, 6.07) is 9.37. The number of amides is 1. The van der Waals surface area contributed by atoms with Crippen LogP contribution in [0.25, 0.3) is 33.6 Å². The van der Waals surface area contributed by atoms with Gasteiger partial charge in [0.15, 0.2) is 5.82 Å². The quantitative estimate of drug-likeness (QED) is 0.405. The Balaban J connectivity index is 1.27. The minimum absolute atomic E-state index is 0.0176. The predicted molar refractivity (Wildman–Crippen MR) is 146 cm³/mol. The third kappa shape index (κ3) is 3.81. The summed E-state index contributed by atoms with van der Waals surface area (Å²) in [6.45, 7) is 3.51. The fourth-order valence-corrected chi connectivity index (χ4v) is 7.16. The number of halogens is 1. The van der Waals surface area contributed by atoms with E-state index in [4.69, 9.17) is 20.4 Å². The van der Waals surface area contributed by atoms with E-state index in [9.17, 15) is 4.79 Å². The molecule has 0 unspecified atom stereocenters. The molecule has 2 bridgehead atoms. The molecule has 4 aromatic rings. The van der Waals surface area contributed by atoms with Crippen LogP contribution < -0.4 is 5.73 Å². The van der Waals surface area contributed by atoms with Crippen molar-refractivity contribution >= 4 is 28.0 Å². The van der Waals surface area contributed by atoms with Gasteiger partial charge < -0.3 is 24.5 Å². The summed E-state index contributed by atoms with van der Waals surface area (Å²) >= 11 is 0. The first-order valence-electron chi connectivity index (χ1n) is 14.3. The first kappa shape index (κ1) is 23.6. The number of nitrogens with two attached hydrogens (primary N) is 1. The van der Waals surface area contributed by atoms with E-state index in [-0.39, 0.29) is 23.9 Å². The van der Waals surface area contributed by atoms with Crippen molar-refractivity contribution in [1.82, 2.24) is 24.0 Å². The maximum atomic E-state index is 16.0. The van der Waals surface area contributed by atoms with E-state index < -0.39 is 5.82 Å². The molecule has 5 heterocycles. The van der Waals surface area contributed by atoms with Gasteiger partial charge in [-0.1, -0.05) is 0 Å². The molecule has 2 saturated carbocycles. The number of hydrogen-bond donors (Lipinski definition) is 1. The molecule has 2 N–H and O–H groups in total. The molecule has 0 radical (unpaired) electrons. The fraction of sp³-hybridized carbons (Fsp3) is 0.500. The molecule has 3 aromatic heterocycles. The number of piperidine rings is 1. The van der Waals surface area contributed by atoms with Crippen LogP contribution in [0.3, 0.4) is 0 Å². The minimum atomic E-state index is -0.412. The van der Waals surface area contributed by atoms with Gasteiger partial charge in [0.1, 0.15) is 17.0 Å². The van der Waals surface area contributed by atoms with Crippen LogP contribution >= 0.6 is 0 Å². The second-order valence-electron chi connectivity index (χ2n) is 12.0. The molecule has 4 atom stereocenters. The van der Waals surface area contributed by atoms with Crippen LogP contribution in [0.4, 0.5) is 4.39 Å². The average molecular weight is 529 g/mol. The number of ether oxygens (including phenoxy) is 1. The molecule has 4 aliphatic rings. The molecule has 9 heteroatoms. The molecule has 1 amide bonds. The number of nitrogens with zero attached hydrogens (tertiary/aromatic N) is 5. The summed E-state index contributed by atoms with van der Waals surface area (Å²) < 4.78 is 26.0. The largest absolute Gasteiger partial charge is 0.381 e. The summed E-state index contributed by atoms with van der Waals surface area (Å²) in [6.07, 6.45) is 7.16. The molecule has 202 valence electrons. The number of likely N-dealkylation sites (tertiary alicyclic amines) is 1. The first-order valence-corrected chi connectivity index (χ1v) is 14.3. The average Bonchev–Trinajstić information content (AvgIpc) is 3.31. The van der Waals surface area contributed by atoms with Crippen molar-refractivity contribution in [1.29, 1.82) is 0 Å². The molecule has 0 spiro atoms. The van der Waals surface area contributed by atoms with Gasteiger partial charge in [0.05, 0.1) is 17.8 Å². The van der Waals surface area contributed by atoms with Crippen molar-refractivity contribution < 1.29 is 13.9 Å². The number of imidazole rings is 1. The Morgan fingerprint density at radius 2 is 1.95 bits per heavy atom. The first-order chi connectivity index (χ1) is 19.0. The Bertz CT molecular complexity index is 1600. The highest BCUT2D eigenvalue weighted by Crippen LogP contribution is 2.39. The summed E-state index contributed by atoms with van der Waals surface area (Å²) in [5.41, 5.74) is 9.54. The lowest BCUT2D eigenvalue weighted by atomic mass is 10.1. The van der Waals surface area contributed by atoms with Crippen molar-refractivity contribution in [3.05, 3.63) is 47.9 Å². The maximum absolute atomic E-state index is 16.0. The Hall–Kier alpha value is -3.30. The van der Waals surface area contributed by atoms with Crippen molar-refractivity contribution in [3.8, 4) is 11.5 Å². The van der Waals surface area contributed by atoms with Gasteiger partial charge in [0, 0.05) is 61.4 Å². The van der Waals surface area contributed by atoms with Crippen LogP contribution in [0.15, 0.2) is 36.5 Å². The third-order valence-corrected chi connectivity index (χ3v) is 9.44. The molecule has 2 aliphatic carbocycles. The molecule has 2 saturated heterocycles. The lowest BCUT2D eigenvalue weighted by Gasteiger charge is -2.27. The van der Waals surface area contributed by atoms with Crippen LogP contribution in [0, 0.1) is 23.6 Å². The number of carbonyl (C=O) groups excluding carboxylic acids is 1. The number of aromatic nitrogens is 4. The second kappa shape index (κ2) is 8.86. The van der Waals surface area contributed by atoms with Gasteiger partial charge in [-0.05, 0) is 74.3 Å². The molecular formula is C30H33FN6O2. The third-order valence-electron chi connectivity index (χ3n) is 9.44. The van der Waals surface area contributed by atoms with E-state index in [0.717, 1.165) is 55.0 Å². The standard InChI is InChI=1S/C30H33FN6O2/c31-22-10-21(30(38)36-15-20-5-6-24(36)26(20)32)11-23-27(22)37(14-18-7-9-39-16-18)29(34-23)25-12-19-2-1-8-33-28(19)35(25)13-17-3-4-17/h1-2,8,10-12,17-18,20,24,26H,3-7,9,13-16,32H2/t18-,20-,24-,26-/m1/s1. The summed E-state index contributed by atoms with van der Waals surface area (Å²) in [5.74, 6) is 1.42. The number of benzene rings is 1. The van der Waals surface area contributed by atoms with Crippen molar-refractivity contribution in [3.63, 3.8) is 0 Å². The van der Waals surface area contributed by atoms with Crippen molar-refractivity contribution in [2.75, 3.05) is 19.8 Å². The number of rotatable bonds is 6. The summed E-state index contributed by atoms with van der Waals surface area (Å²) in [7, 11) is 0. The van der Waals surface area contributed by atoms with Gasteiger partial charge in [-0.15, -0.1) is 0 Å². The van der Waals surface area contributed by atoms with Crippen LogP contribution in [-0.2, 0) is 17.8 Å². The summed E-state index contributed by atoms with van der Waals surface area (Å²) in [5, 5.41) is 1.05. The highest BCUT2D eigenvalue weighted by Gasteiger charge is 2.47. The maximum Gasteiger partial charge on any atom is 0.254 e.